The fourth-order valence-corrected chi connectivity index (χ4v) is 2.86. The molecule has 3 heteroatoms. The topological polar surface area (TPSA) is 38.0 Å². The lowest BCUT2D eigenvalue weighted by Crippen LogP contribution is -1.98. The smallest absolute Gasteiger partial charge is 0.125 e. The first kappa shape index (κ1) is 15.9. The van der Waals surface area contributed by atoms with Crippen molar-refractivity contribution in [3.05, 3.63) is 102 Å². The lowest BCUT2D eigenvalue weighted by molar-refractivity contribution is 0.477. The van der Waals surface area contributed by atoms with Crippen molar-refractivity contribution in [2.75, 3.05) is 0 Å². The minimum Gasteiger partial charge on any atom is -0.507 e. The molecule has 26 heavy (non-hydrogen) atoms. The molecule has 0 atom stereocenters. The molecule has 0 aliphatic carbocycles. The molecule has 3 aromatic carbocycles. The number of aromatic nitrogens is 2. The molecule has 0 saturated heterocycles. The van der Waals surface area contributed by atoms with Crippen LogP contribution in [0.1, 0.15) is 11.3 Å². The molecule has 4 rings (SSSR count). The Balaban J connectivity index is 1.81. The summed E-state index contributed by atoms with van der Waals surface area (Å²) in [5.74, 6) is 0.226. The zero-order chi connectivity index (χ0) is 17.8. The Bertz CT molecular complexity index is 1030. The second-order valence-corrected chi connectivity index (χ2v) is 5.96. The van der Waals surface area contributed by atoms with Gasteiger partial charge in [0, 0.05) is 5.56 Å². The highest BCUT2D eigenvalue weighted by Gasteiger charge is 2.12. The third kappa shape index (κ3) is 3.28. The highest BCUT2D eigenvalue weighted by molar-refractivity contribution is 5.74. The number of nitrogens with zero attached hydrogens (tertiary/aromatic N) is 2. The van der Waals surface area contributed by atoms with Crippen LogP contribution in [-0.4, -0.2) is 14.9 Å². The summed E-state index contributed by atoms with van der Waals surface area (Å²) < 4.78 is 1.89. The van der Waals surface area contributed by atoms with Crippen LogP contribution in [0.2, 0.25) is 0 Å². The average Bonchev–Trinajstić information content (AvgIpc) is 3.12. The SMILES string of the molecule is Oc1ccccc1-c1cc(/C=C/c2ccccc2)n(-c2ccccc2)n1. The van der Waals surface area contributed by atoms with Crippen LogP contribution in [0.15, 0.2) is 91.0 Å². The summed E-state index contributed by atoms with van der Waals surface area (Å²) in [4.78, 5) is 0. The van der Waals surface area contributed by atoms with Crippen LogP contribution in [-0.2, 0) is 0 Å². The molecule has 3 nitrogen and oxygen atoms in total. The number of aromatic hydroxyl groups is 1. The molecule has 1 heterocycles. The first-order valence-electron chi connectivity index (χ1n) is 8.48. The predicted molar refractivity (Wildman–Crippen MR) is 106 cm³/mol. The number of hydrogen-bond acceptors (Lipinski definition) is 2. The molecule has 0 bridgehead atoms. The average molecular weight is 338 g/mol. The van der Waals surface area contributed by atoms with Gasteiger partial charge in [0.15, 0.2) is 0 Å². The molecule has 0 aliphatic heterocycles. The standard InChI is InChI=1S/C23H18N2O/c26-23-14-8-7-13-21(23)22-17-20(16-15-18-9-3-1-4-10-18)25(24-22)19-11-5-2-6-12-19/h1-17,26H/b16-15+. The van der Waals surface area contributed by atoms with E-state index >= 15 is 0 Å². The number of para-hydroxylation sites is 2. The summed E-state index contributed by atoms with van der Waals surface area (Å²) in [5.41, 5.74) is 4.49. The maximum Gasteiger partial charge on any atom is 0.125 e. The van der Waals surface area contributed by atoms with Gasteiger partial charge in [-0.3, -0.25) is 0 Å². The number of hydrogen-bond donors (Lipinski definition) is 1. The summed E-state index contributed by atoms with van der Waals surface area (Å²) in [7, 11) is 0. The zero-order valence-corrected chi connectivity index (χ0v) is 14.2. The normalized spacial score (nSPS) is 11.1. The molecule has 0 fully saturated rings. The summed E-state index contributed by atoms with van der Waals surface area (Å²) in [6.45, 7) is 0. The second-order valence-electron chi connectivity index (χ2n) is 5.96. The second kappa shape index (κ2) is 7.11. The van der Waals surface area contributed by atoms with Gasteiger partial charge in [-0.1, -0.05) is 66.7 Å². The first-order chi connectivity index (χ1) is 12.8. The van der Waals surface area contributed by atoms with E-state index in [2.05, 4.69) is 18.2 Å². The van der Waals surface area contributed by atoms with E-state index in [0.29, 0.717) is 0 Å². The van der Waals surface area contributed by atoms with Crippen molar-refractivity contribution in [1.29, 1.82) is 0 Å². The van der Waals surface area contributed by atoms with Crippen LogP contribution in [0.4, 0.5) is 0 Å². The van der Waals surface area contributed by atoms with Gasteiger partial charge in [-0.05, 0) is 42.0 Å². The number of phenols is 1. The number of benzene rings is 3. The van der Waals surface area contributed by atoms with Gasteiger partial charge in [0.2, 0.25) is 0 Å². The van der Waals surface area contributed by atoms with Crippen LogP contribution >= 0.6 is 0 Å². The lowest BCUT2D eigenvalue weighted by Gasteiger charge is -2.04. The quantitative estimate of drug-likeness (QED) is 0.540. The molecule has 0 amide bonds. The van der Waals surface area contributed by atoms with Crippen molar-refractivity contribution < 1.29 is 5.11 Å². The maximum absolute atomic E-state index is 10.2. The zero-order valence-electron chi connectivity index (χ0n) is 14.2. The van der Waals surface area contributed by atoms with Gasteiger partial charge in [0.05, 0.1) is 17.1 Å². The minimum atomic E-state index is 0.226. The van der Waals surface area contributed by atoms with E-state index in [1.165, 1.54) is 0 Å². The molecule has 1 N–H and O–H groups in total. The molecule has 126 valence electrons. The summed E-state index contributed by atoms with van der Waals surface area (Å²) in [6, 6.07) is 29.4. The van der Waals surface area contributed by atoms with Gasteiger partial charge >= 0.3 is 0 Å². The van der Waals surface area contributed by atoms with Gasteiger partial charge in [-0.2, -0.15) is 5.10 Å². The van der Waals surface area contributed by atoms with E-state index in [1.807, 2.05) is 83.6 Å². The molecule has 0 saturated carbocycles. The Kier molecular flexibility index (Phi) is 4.35. The van der Waals surface area contributed by atoms with Gasteiger partial charge in [-0.15, -0.1) is 0 Å². The van der Waals surface area contributed by atoms with E-state index in [0.717, 1.165) is 28.2 Å². The Morgan fingerprint density at radius 1 is 0.731 bits per heavy atom. The largest absolute Gasteiger partial charge is 0.507 e. The van der Waals surface area contributed by atoms with Gasteiger partial charge in [0.1, 0.15) is 5.75 Å². The van der Waals surface area contributed by atoms with E-state index < -0.39 is 0 Å². The maximum atomic E-state index is 10.2. The van der Waals surface area contributed by atoms with Crippen molar-refractivity contribution in [2.45, 2.75) is 0 Å². The minimum absolute atomic E-state index is 0.226. The van der Waals surface area contributed by atoms with Gasteiger partial charge < -0.3 is 5.11 Å². The first-order valence-corrected chi connectivity index (χ1v) is 8.48. The van der Waals surface area contributed by atoms with Crippen LogP contribution in [0, 0.1) is 0 Å². The fourth-order valence-electron chi connectivity index (χ4n) is 2.86. The highest BCUT2D eigenvalue weighted by Crippen LogP contribution is 2.29. The Labute approximate surface area is 152 Å². The van der Waals surface area contributed by atoms with Crippen molar-refractivity contribution in [1.82, 2.24) is 9.78 Å². The molecular weight excluding hydrogens is 320 g/mol. The van der Waals surface area contributed by atoms with E-state index in [1.54, 1.807) is 6.07 Å². The van der Waals surface area contributed by atoms with Crippen LogP contribution < -0.4 is 0 Å². The predicted octanol–water partition coefficient (Wildman–Crippen LogP) is 5.42. The molecule has 0 radical (unpaired) electrons. The van der Waals surface area contributed by atoms with Gasteiger partial charge in [-0.25, -0.2) is 4.68 Å². The third-order valence-corrected chi connectivity index (χ3v) is 4.16. The molecule has 0 unspecified atom stereocenters. The Morgan fingerprint density at radius 3 is 2.12 bits per heavy atom. The summed E-state index contributed by atoms with van der Waals surface area (Å²) in [6.07, 6.45) is 4.10. The lowest BCUT2D eigenvalue weighted by atomic mass is 10.1. The summed E-state index contributed by atoms with van der Waals surface area (Å²) in [5, 5.41) is 14.9. The van der Waals surface area contributed by atoms with Gasteiger partial charge in [0.25, 0.3) is 0 Å². The Morgan fingerprint density at radius 2 is 1.38 bits per heavy atom. The van der Waals surface area contributed by atoms with Crippen molar-refractivity contribution in [2.24, 2.45) is 0 Å². The number of rotatable bonds is 4. The Hall–Kier alpha value is -3.59. The fraction of sp³-hybridized carbons (Fsp3) is 0. The van der Waals surface area contributed by atoms with Crippen LogP contribution in [0.5, 0.6) is 5.75 Å². The van der Waals surface area contributed by atoms with E-state index in [9.17, 15) is 5.11 Å². The summed E-state index contributed by atoms with van der Waals surface area (Å²) >= 11 is 0. The highest BCUT2D eigenvalue weighted by atomic mass is 16.3. The molecular formula is C23H18N2O. The van der Waals surface area contributed by atoms with Crippen molar-refractivity contribution >= 4 is 12.2 Å². The molecule has 0 spiro atoms. The number of phenolic OH excluding ortho intramolecular Hbond substituents is 1. The van der Waals surface area contributed by atoms with Crippen molar-refractivity contribution in [3.8, 4) is 22.7 Å². The molecule has 1 aromatic heterocycles. The van der Waals surface area contributed by atoms with Crippen molar-refractivity contribution in [3.63, 3.8) is 0 Å². The van der Waals surface area contributed by atoms with E-state index in [-0.39, 0.29) is 5.75 Å². The molecule has 0 aliphatic rings. The molecule has 4 aromatic rings. The third-order valence-electron chi connectivity index (χ3n) is 4.16. The van der Waals surface area contributed by atoms with Crippen LogP contribution in [0.25, 0.3) is 29.1 Å². The monoisotopic (exact) mass is 338 g/mol. The van der Waals surface area contributed by atoms with E-state index in [4.69, 9.17) is 5.10 Å². The van der Waals surface area contributed by atoms with Crippen LogP contribution in [0.3, 0.4) is 0 Å².